The maximum absolute atomic E-state index is 4.75. The van der Waals surface area contributed by atoms with Crippen LogP contribution in [0.25, 0.3) is 0 Å². The zero-order chi connectivity index (χ0) is 10.3. The number of hydrogen-bond acceptors (Lipinski definition) is 2. The molecule has 78 valence electrons. The molecule has 2 aliphatic rings. The summed E-state index contributed by atoms with van der Waals surface area (Å²) in [5.74, 6) is 0.615. The summed E-state index contributed by atoms with van der Waals surface area (Å²) < 4.78 is 0. The largest absolute Gasteiger partial charge is 0.298 e. The van der Waals surface area contributed by atoms with Crippen molar-refractivity contribution < 1.29 is 0 Å². The van der Waals surface area contributed by atoms with E-state index in [-0.39, 0.29) is 0 Å². The summed E-state index contributed by atoms with van der Waals surface area (Å²) in [5.41, 5.74) is 4.03. The molecule has 0 aliphatic carbocycles. The van der Waals surface area contributed by atoms with Gasteiger partial charge in [0.05, 0.1) is 5.69 Å². The second kappa shape index (κ2) is 3.46. The average Bonchev–Trinajstić information content (AvgIpc) is 2.66. The maximum Gasteiger partial charge on any atom is 0.0668 e. The fourth-order valence-corrected chi connectivity index (χ4v) is 2.65. The van der Waals surface area contributed by atoms with E-state index in [1.165, 1.54) is 29.9 Å². The molecule has 2 aliphatic heterocycles. The highest BCUT2D eigenvalue weighted by molar-refractivity contribution is 5.99. The second-order valence-corrected chi connectivity index (χ2v) is 4.37. The van der Waals surface area contributed by atoms with Gasteiger partial charge in [-0.15, -0.1) is 0 Å². The van der Waals surface area contributed by atoms with E-state index in [1.54, 1.807) is 0 Å². The van der Waals surface area contributed by atoms with Crippen LogP contribution in [-0.2, 0) is 0 Å². The van der Waals surface area contributed by atoms with Crippen LogP contribution in [0.1, 0.15) is 24.8 Å². The molecule has 2 heterocycles. The molecule has 0 radical (unpaired) electrons. The Morgan fingerprint density at radius 1 is 1.40 bits per heavy atom. The number of hydrogen-bond donors (Lipinski definition) is 0. The lowest BCUT2D eigenvalue weighted by Crippen LogP contribution is -2.38. The van der Waals surface area contributed by atoms with Crippen molar-refractivity contribution in [1.29, 1.82) is 0 Å². The van der Waals surface area contributed by atoms with E-state index in [9.17, 15) is 0 Å². The van der Waals surface area contributed by atoms with Crippen LogP contribution in [0, 0.1) is 0 Å². The number of piperidine rings is 1. The minimum atomic E-state index is 0.615. The van der Waals surface area contributed by atoms with Crippen LogP contribution in [0.5, 0.6) is 0 Å². The summed E-state index contributed by atoms with van der Waals surface area (Å²) in [5, 5.41) is 0. The van der Waals surface area contributed by atoms with Gasteiger partial charge in [-0.05, 0) is 31.1 Å². The zero-order valence-electron chi connectivity index (χ0n) is 9.11. The minimum Gasteiger partial charge on any atom is -0.298 e. The molecule has 1 aromatic carbocycles. The molecule has 2 heteroatoms. The summed E-state index contributed by atoms with van der Waals surface area (Å²) in [6.07, 6.45) is 1.24. The molecular formula is C13H16N2. The van der Waals surface area contributed by atoms with Gasteiger partial charge in [0.1, 0.15) is 0 Å². The minimum absolute atomic E-state index is 0.615. The number of benzene rings is 1. The van der Waals surface area contributed by atoms with Gasteiger partial charge in [-0.3, -0.25) is 9.89 Å². The number of para-hydroxylation sites is 1. The van der Waals surface area contributed by atoms with Crippen LogP contribution >= 0.6 is 0 Å². The quantitative estimate of drug-likeness (QED) is 0.680. The smallest absolute Gasteiger partial charge is 0.0668 e. The number of fused-ring (bicyclic) bond motifs is 3. The number of aliphatic imine (C=N–C) groups is 1. The van der Waals surface area contributed by atoms with Crippen molar-refractivity contribution in [3.8, 4) is 0 Å². The molecule has 1 unspecified atom stereocenters. The van der Waals surface area contributed by atoms with Crippen LogP contribution in [0.3, 0.4) is 0 Å². The fourth-order valence-electron chi connectivity index (χ4n) is 2.65. The third kappa shape index (κ3) is 1.40. The lowest BCUT2D eigenvalue weighted by molar-refractivity contribution is 0.299. The van der Waals surface area contributed by atoms with Gasteiger partial charge in [0.25, 0.3) is 0 Å². The highest BCUT2D eigenvalue weighted by Gasteiger charge is 2.31. The molecule has 1 aromatic rings. The van der Waals surface area contributed by atoms with Crippen LogP contribution in [-0.4, -0.2) is 30.2 Å². The van der Waals surface area contributed by atoms with Crippen molar-refractivity contribution >= 4 is 11.4 Å². The third-order valence-corrected chi connectivity index (χ3v) is 3.55. The second-order valence-electron chi connectivity index (χ2n) is 4.37. The molecule has 3 rings (SSSR count). The standard InChI is InChI=1S/C13H16N2/c1-2-15-8-7-11-10-5-3-4-6-12(10)14-13(11)9-15/h3-6,11H,2,7-9H2,1H3. The summed E-state index contributed by atoms with van der Waals surface area (Å²) in [4.78, 5) is 7.22. The van der Waals surface area contributed by atoms with Crippen molar-refractivity contribution in [2.75, 3.05) is 19.6 Å². The lowest BCUT2D eigenvalue weighted by Gasteiger charge is -2.30. The highest BCUT2D eigenvalue weighted by Crippen LogP contribution is 2.39. The SMILES string of the molecule is CCN1CCC2C(=Nc3ccccc32)C1. The first-order valence-corrected chi connectivity index (χ1v) is 5.77. The summed E-state index contributed by atoms with van der Waals surface area (Å²) >= 11 is 0. The molecule has 1 fully saturated rings. The molecule has 1 atom stereocenters. The summed E-state index contributed by atoms with van der Waals surface area (Å²) in [7, 11) is 0. The van der Waals surface area contributed by atoms with E-state index in [0.717, 1.165) is 13.1 Å². The molecule has 1 saturated heterocycles. The molecule has 0 bridgehead atoms. The highest BCUT2D eigenvalue weighted by atomic mass is 15.1. The van der Waals surface area contributed by atoms with Gasteiger partial charge in [-0.2, -0.15) is 0 Å². The van der Waals surface area contributed by atoms with Gasteiger partial charge in [0.15, 0.2) is 0 Å². The van der Waals surface area contributed by atoms with E-state index >= 15 is 0 Å². The number of rotatable bonds is 1. The average molecular weight is 200 g/mol. The Morgan fingerprint density at radius 2 is 2.27 bits per heavy atom. The van der Waals surface area contributed by atoms with Crippen LogP contribution in [0.2, 0.25) is 0 Å². The Bertz CT molecular complexity index is 409. The first kappa shape index (κ1) is 9.10. The first-order chi connectivity index (χ1) is 7.38. The van der Waals surface area contributed by atoms with Crippen molar-refractivity contribution in [1.82, 2.24) is 4.90 Å². The monoisotopic (exact) mass is 200 g/mol. The van der Waals surface area contributed by atoms with Crippen molar-refractivity contribution in [3.05, 3.63) is 29.8 Å². The maximum atomic E-state index is 4.75. The Balaban J connectivity index is 1.94. The van der Waals surface area contributed by atoms with Crippen molar-refractivity contribution in [2.24, 2.45) is 4.99 Å². The topological polar surface area (TPSA) is 15.6 Å². The first-order valence-electron chi connectivity index (χ1n) is 5.77. The normalized spacial score (nSPS) is 24.6. The number of nitrogens with zero attached hydrogens (tertiary/aromatic N) is 2. The van der Waals surface area contributed by atoms with E-state index < -0.39 is 0 Å². The molecule has 15 heavy (non-hydrogen) atoms. The van der Waals surface area contributed by atoms with Gasteiger partial charge >= 0.3 is 0 Å². The Labute approximate surface area is 90.6 Å². The molecular weight excluding hydrogens is 184 g/mol. The van der Waals surface area contributed by atoms with Crippen LogP contribution < -0.4 is 0 Å². The Kier molecular flexibility index (Phi) is 2.10. The summed E-state index contributed by atoms with van der Waals surface area (Å²) in [6.45, 7) is 5.65. The van der Waals surface area contributed by atoms with E-state index in [2.05, 4.69) is 36.1 Å². The van der Waals surface area contributed by atoms with Gasteiger partial charge in [-0.25, -0.2) is 0 Å². The van der Waals surface area contributed by atoms with Gasteiger partial charge in [0.2, 0.25) is 0 Å². The van der Waals surface area contributed by atoms with E-state index in [0.29, 0.717) is 5.92 Å². The molecule has 0 spiro atoms. The van der Waals surface area contributed by atoms with Gasteiger partial charge in [-0.1, -0.05) is 25.1 Å². The molecule has 0 aromatic heterocycles. The van der Waals surface area contributed by atoms with Crippen molar-refractivity contribution in [3.63, 3.8) is 0 Å². The van der Waals surface area contributed by atoms with Gasteiger partial charge < -0.3 is 0 Å². The number of likely N-dealkylation sites (tertiary alicyclic amines) is 1. The molecule has 0 saturated carbocycles. The zero-order valence-corrected chi connectivity index (χ0v) is 9.11. The molecule has 0 amide bonds. The fraction of sp³-hybridized carbons (Fsp3) is 0.462. The Morgan fingerprint density at radius 3 is 3.13 bits per heavy atom. The third-order valence-electron chi connectivity index (χ3n) is 3.55. The van der Waals surface area contributed by atoms with Gasteiger partial charge in [0, 0.05) is 18.2 Å². The lowest BCUT2D eigenvalue weighted by atomic mass is 9.89. The molecule has 2 nitrogen and oxygen atoms in total. The van der Waals surface area contributed by atoms with E-state index in [1.807, 2.05) is 0 Å². The van der Waals surface area contributed by atoms with Crippen molar-refractivity contribution in [2.45, 2.75) is 19.3 Å². The predicted molar refractivity (Wildman–Crippen MR) is 63.0 cm³/mol. The van der Waals surface area contributed by atoms with E-state index in [4.69, 9.17) is 4.99 Å². The van der Waals surface area contributed by atoms with Crippen LogP contribution in [0.4, 0.5) is 5.69 Å². The molecule has 0 N–H and O–H groups in total. The summed E-state index contributed by atoms with van der Waals surface area (Å²) in [6, 6.07) is 8.58. The van der Waals surface area contributed by atoms with Crippen LogP contribution in [0.15, 0.2) is 29.3 Å². The Hall–Kier alpha value is -1.15. The predicted octanol–water partition coefficient (Wildman–Crippen LogP) is 2.58.